The zero-order valence-electron chi connectivity index (χ0n) is 11.1. The Kier molecular flexibility index (Phi) is 7.42. The van der Waals surface area contributed by atoms with Crippen LogP contribution in [0.3, 0.4) is 0 Å². The minimum atomic E-state index is -0.661. The van der Waals surface area contributed by atoms with Gasteiger partial charge in [0, 0.05) is 18.1 Å². The van der Waals surface area contributed by atoms with Crippen molar-refractivity contribution in [2.75, 3.05) is 13.7 Å². The standard InChI is InChI=1S/C12H19NO5/c1-8(2)12(16)13-9(3)7-18-11(15)6-5-10(14)17-4/h5-6,8-9H,7H2,1-4H3,(H,13,16)/b6-5+. The second-order valence-corrected chi connectivity index (χ2v) is 4.05. The Hall–Kier alpha value is -1.85. The number of esters is 2. The molecule has 0 aromatic carbocycles. The summed E-state index contributed by atoms with van der Waals surface area (Å²) in [6.45, 7) is 5.31. The number of ether oxygens (including phenoxy) is 2. The molecule has 6 nitrogen and oxygen atoms in total. The van der Waals surface area contributed by atoms with Crippen molar-refractivity contribution in [2.45, 2.75) is 26.8 Å². The summed E-state index contributed by atoms with van der Waals surface area (Å²) in [4.78, 5) is 33.2. The van der Waals surface area contributed by atoms with Crippen molar-refractivity contribution in [2.24, 2.45) is 5.92 Å². The van der Waals surface area contributed by atoms with Gasteiger partial charge >= 0.3 is 11.9 Å². The van der Waals surface area contributed by atoms with Crippen LogP contribution in [-0.4, -0.2) is 37.6 Å². The molecule has 0 saturated heterocycles. The molecule has 0 aliphatic heterocycles. The van der Waals surface area contributed by atoms with Gasteiger partial charge in [0.25, 0.3) is 0 Å². The summed E-state index contributed by atoms with van der Waals surface area (Å²) >= 11 is 0. The molecule has 0 fully saturated rings. The fraction of sp³-hybridized carbons (Fsp3) is 0.583. The van der Waals surface area contributed by atoms with E-state index in [-0.39, 0.29) is 24.5 Å². The van der Waals surface area contributed by atoms with Crippen LogP contribution in [0.2, 0.25) is 0 Å². The van der Waals surface area contributed by atoms with E-state index in [2.05, 4.69) is 10.1 Å². The quantitative estimate of drug-likeness (QED) is 0.551. The van der Waals surface area contributed by atoms with Gasteiger partial charge < -0.3 is 14.8 Å². The first-order chi connectivity index (χ1) is 8.36. The van der Waals surface area contributed by atoms with Crippen molar-refractivity contribution in [1.82, 2.24) is 5.32 Å². The molecule has 0 rings (SSSR count). The van der Waals surface area contributed by atoms with Gasteiger partial charge in [0.1, 0.15) is 6.61 Å². The van der Waals surface area contributed by atoms with Crippen molar-refractivity contribution in [3.8, 4) is 0 Å². The molecular weight excluding hydrogens is 238 g/mol. The predicted octanol–water partition coefficient (Wildman–Crippen LogP) is 0.419. The van der Waals surface area contributed by atoms with Crippen LogP contribution >= 0.6 is 0 Å². The molecule has 1 atom stereocenters. The number of hydrogen-bond acceptors (Lipinski definition) is 5. The number of rotatable bonds is 6. The Bertz CT molecular complexity index is 335. The molecule has 0 saturated carbocycles. The van der Waals surface area contributed by atoms with Crippen LogP contribution in [0.4, 0.5) is 0 Å². The summed E-state index contributed by atoms with van der Waals surface area (Å²) < 4.78 is 9.15. The van der Waals surface area contributed by atoms with Gasteiger partial charge in [-0.2, -0.15) is 0 Å². The Morgan fingerprint density at radius 3 is 2.17 bits per heavy atom. The van der Waals surface area contributed by atoms with Gasteiger partial charge in [0.2, 0.25) is 5.91 Å². The number of carbonyl (C=O) groups is 3. The lowest BCUT2D eigenvalue weighted by Crippen LogP contribution is -2.38. The van der Waals surface area contributed by atoms with Gasteiger partial charge in [-0.05, 0) is 6.92 Å². The van der Waals surface area contributed by atoms with Crippen molar-refractivity contribution >= 4 is 17.8 Å². The highest BCUT2D eigenvalue weighted by Crippen LogP contribution is 1.94. The molecule has 1 amide bonds. The SMILES string of the molecule is COC(=O)/C=C/C(=O)OCC(C)NC(=O)C(C)C. The Morgan fingerprint density at radius 1 is 1.11 bits per heavy atom. The first-order valence-electron chi connectivity index (χ1n) is 5.60. The summed E-state index contributed by atoms with van der Waals surface area (Å²) in [7, 11) is 1.21. The number of carbonyl (C=O) groups excluding carboxylic acids is 3. The number of methoxy groups -OCH3 is 1. The predicted molar refractivity (Wildman–Crippen MR) is 64.6 cm³/mol. The summed E-state index contributed by atoms with van der Waals surface area (Å²) in [6.07, 6.45) is 1.95. The van der Waals surface area contributed by atoms with Gasteiger partial charge in [0.05, 0.1) is 13.2 Å². The number of nitrogens with one attached hydrogen (secondary N) is 1. The zero-order valence-corrected chi connectivity index (χ0v) is 11.1. The van der Waals surface area contributed by atoms with E-state index in [4.69, 9.17) is 4.74 Å². The van der Waals surface area contributed by atoms with Crippen LogP contribution in [0, 0.1) is 5.92 Å². The van der Waals surface area contributed by atoms with Crippen LogP contribution in [0.25, 0.3) is 0 Å². The van der Waals surface area contributed by atoms with E-state index in [1.807, 2.05) is 0 Å². The second-order valence-electron chi connectivity index (χ2n) is 4.05. The van der Waals surface area contributed by atoms with E-state index in [1.54, 1.807) is 20.8 Å². The third-order valence-corrected chi connectivity index (χ3v) is 1.95. The maximum atomic E-state index is 11.3. The summed E-state index contributed by atoms with van der Waals surface area (Å²) in [5, 5.41) is 2.68. The third-order valence-electron chi connectivity index (χ3n) is 1.95. The maximum absolute atomic E-state index is 11.3. The van der Waals surface area contributed by atoms with Gasteiger partial charge in [-0.15, -0.1) is 0 Å². The van der Waals surface area contributed by atoms with Gasteiger partial charge in [0.15, 0.2) is 0 Å². The summed E-state index contributed by atoms with van der Waals surface area (Å²) in [5.74, 6) is -1.52. The molecule has 6 heteroatoms. The molecule has 18 heavy (non-hydrogen) atoms. The number of amides is 1. The molecule has 1 N–H and O–H groups in total. The van der Waals surface area contributed by atoms with E-state index in [0.717, 1.165) is 12.2 Å². The van der Waals surface area contributed by atoms with Crippen molar-refractivity contribution in [3.63, 3.8) is 0 Å². The lowest BCUT2D eigenvalue weighted by molar-refractivity contribution is -0.140. The maximum Gasteiger partial charge on any atom is 0.331 e. The monoisotopic (exact) mass is 257 g/mol. The van der Waals surface area contributed by atoms with E-state index in [9.17, 15) is 14.4 Å². The fourth-order valence-electron chi connectivity index (χ4n) is 0.911. The first-order valence-corrected chi connectivity index (χ1v) is 5.60. The highest BCUT2D eigenvalue weighted by Gasteiger charge is 2.11. The lowest BCUT2D eigenvalue weighted by atomic mass is 10.2. The van der Waals surface area contributed by atoms with Crippen molar-refractivity contribution < 1.29 is 23.9 Å². The highest BCUT2D eigenvalue weighted by molar-refractivity contribution is 5.91. The molecule has 102 valence electrons. The Labute approximate surface area is 106 Å². The van der Waals surface area contributed by atoms with Gasteiger partial charge in [-0.25, -0.2) is 9.59 Å². The van der Waals surface area contributed by atoms with Crippen LogP contribution in [0.1, 0.15) is 20.8 Å². The van der Waals surface area contributed by atoms with E-state index < -0.39 is 11.9 Å². The molecule has 0 spiro atoms. The average molecular weight is 257 g/mol. The van der Waals surface area contributed by atoms with Gasteiger partial charge in [-0.1, -0.05) is 13.8 Å². The van der Waals surface area contributed by atoms with Crippen LogP contribution in [0.15, 0.2) is 12.2 Å². The Morgan fingerprint density at radius 2 is 1.67 bits per heavy atom. The molecule has 1 unspecified atom stereocenters. The van der Waals surface area contributed by atoms with Crippen molar-refractivity contribution in [1.29, 1.82) is 0 Å². The minimum Gasteiger partial charge on any atom is -0.466 e. The largest absolute Gasteiger partial charge is 0.466 e. The molecule has 0 radical (unpaired) electrons. The van der Waals surface area contributed by atoms with Gasteiger partial charge in [-0.3, -0.25) is 4.79 Å². The number of hydrogen-bond donors (Lipinski definition) is 1. The molecule has 0 bridgehead atoms. The smallest absolute Gasteiger partial charge is 0.331 e. The molecule has 0 aromatic heterocycles. The van der Waals surface area contributed by atoms with E-state index >= 15 is 0 Å². The van der Waals surface area contributed by atoms with E-state index in [0.29, 0.717) is 0 Å². The minimum absolute atomic E-state index is 0.0445. The van der Waals surface area contributed by atoms with Crippen molar-refractivity contribution in [3.05, 3.63) is 12.2 Å². The lowest BCUT2D eigenvalue weighted by Gasteiger charge is -2.15. The van der Waals surface area contributed by atoms with E-state index in [1.165, 1.54) is 7.11 Å². The molecular formula is C12H19NO5. The van der Waals surface area contributed by atoms with Crippen LogP contribution < -0.4 is 5.32 Å². The first kappa shape index (κ1) is 16.1. The summed E-state index contributed by atoms with van der Waals surface area (Å²) in [5.41, 5.74) is 0. The summed E-state index contributed by atoms with van der Waals surface area (Å²) in [6, 6.07) is -0.282. The molecule has 0 aliphatic carbocycles. The second kappa shape index (κ2) is 8.27. The normalized spacial score (nSPS) is 12.3. The molecule has 0 aromatic rings. The van der Waals surface area contributed by atoms with Crippen LogP contribution in [0.5, 0.6) is 0 Å². The topological polar surface area (TPSA) is 81.7 Å². The zero-order chi connectivity index (χ0) is 14.1. The molecule has 0 aliphatic rings. The fourth-order valence-corrected chi connectivity index (χ4v) is 0.911. The van der Waals surface area contributed by atoms with Crippen LogP contribution in [-0.2, 0) is 23.9 Å². The average Bonchev–Trinajstić information content (AvgIpc) is 2.32. The Balaban J connectivity index is 3.95. The highest BCUT2D eigenvalue weighted by atomic mass is 16.5. The third kappa shape index (κ3) is 7.43. The molecule has 0 heterocycles.